The predicted octanol–water partition coefficient (Wildman–Crippen LogP) is 2.39. The fourth-order valence-electron chi connectivity index (χ4n) is 3.21. The summed E-state index contributed by atoms with van der Waals surface area (Å²) in [6.45, 7) is 9.44. The van der Waals surface area contributed by atoms with E-state index >= 15 is 0 Å². The summed E-state index contributed by atoms with van der Waals surface area (Å²) in [7, 11) is 0. The van der Waals surface area contributed by atoms with Gasteiger partial charge in [-0.25, -0.2) is 0 Å². The minimum Gasteiger partial charge on any atom is -0.468 e. The Bertz CT molecular complexity index is 418. The molecule has 2 aliphatic rings. The van der Waals surface area contributed by atoms with Crippen molar-refractivity contribution in [3.05, 3.63) is 23.7 Å². The summed E-state index contributed by atoms with van der Waals surface area (Å²) in [6.07, 6.45) is 5.20. The van der Waals surface area contributed by atoms with Gasteiger partial charge in [0.15, 0.2) is 0 Å². The van der Waals surface area contributed by atoms with Gasteiger partial charge in [-0.1, -0.05) is 13.8 Å². The molecule has 0 saturated carbocycles. The van der Waals surface area contributed by atoms with E-state index in [9.17, 15) is 0 Å². The Hall–Kier alpha value is -0.840. The molecule has 2 bridgehead atoms. The Morgan fingerprint density at radius 1 is 1.30 bits per heavy atom. The maximum atomic E-state index is 5.89. The zero-order chi connectivity index (χ0) is 13.9. The van der Waals surface area contributed by atoms with Crippen LogP contribution in [0.5, 0.6) is 0 Å². The van der Waals surface area contributed by atoms with Gasteiger partial charge in [-0.15, -0.1) is 0 Å². The molecule has 1 aromatic rings. The van der Waals surface area contributed by atoms with Crippen LogP contribution in [0.4, 0.5) is 0 Å². The molecule has 2 unspecified atom stereocenters. The van der Waals surface area contributed by atoms with E-state index in [2.05, 4.69) is 30.1 Å². The van der Waals surface area contributed by atoms with Gasteiger partial charge in [0.2, 0.25) is 0 Å². The monoisotopic (exact) mass is 278 g/mol. The van der Waals surface area contributed by atoms with Crippen molar-refractivity contribution in [2.24, 2.45) is 5.92 Å². The van der Waals surface area contributed by atoms with Crippen LogP contribution >= 0.6 is 0 Å². The van der Waals surface area contributed by atoms with Crippen LogP contribution in [0.3, 0.4) is 0 Å². The van der Waals surface area contributed by atoms with E-state index < -0.39 is 0 Å². The lowest BCUT2D eigenvalue weighted by Crippen LogP contribution is -2.42. The van der Waals surface area contributed by atoms with Crippen LogP contribution in [0.2, 0.25) is 0 Å². The summed E-state index contributed by atoms with van der Waals surface area (Å²) in [6, 6.07) is 2.11. The normalized spacial score (nSPS) is 26.6. The first kappa shape index (κ1) is 14.1. The number of nitrogens with one attached hydrogen (secondary N) is 1. The number of ether oxygens (including phenoxy) is 1. The van der Waals surface area contributed by atoms with Crippen LogP contribution in [-0.2, 0) is 17.8 Å². The van der Waals surface area contributed by atoms with Crippen molar-refractivity contribution in [2.45, 2.75) is 52.0 Å². The molecule has 2 aliphatic heterocycles. The zero-order valence-electron chi connectivity index (χ0n) is 12.6. The molecular formula is C16H26N2O2. The first-order chi connectivity index (χ1) is 9.70. The number of hydrogen-bond donors (Lipinski definition) is 1. The maximum absolute atomic E-state index is 5.89. The predicted molar refractivity (Wildman–Crippen MR) is 78.4 cm³/mol. The number of nitrogens with zero attached hydrogens (tertiary/aromatic N) is 1. The number of furan rings is 1. The Morgan fingerprint density at radius 2 is 2.05 bits per heavy atom. The van der Waals surface area contributed by atoms with Gasteiger partial charge in [-0.3, -0.25) is 4.90 Å². The molecule has 2 saturated heterocycles. The summed E-state index contributed by atoms with van der Waals surface area (Å²) >= 11 is 0. The molecular weight excluding hydrogens is 252 g/mol. The molecule has 0 aliphatic carbocycles. The second-order valence-electron chi connectivity index (χ2n) is 6.55. The Kier molecular flexibility index (Phi) is 4.44. The molecule has 1 aromatic heterocycles. The highest BCUT2D eigenvalue weighted by molar-refractivity contribution is 5.17. The molecule has 112 valence electrons. The topological polar surface area (TPSA) is 37.6 Å². The summed E-state index contributed by atoms with van der Waals surface area (Å²) in [5, 5.41) is 3.46. The van der Waals surface area contributed by atoms with Crippen molar-refractivity contribution in [3.8, 4) is 0 Å². The fraction of sp³-hybridized carbons (Fsp3) is 0.750. The largest absolute Gasteiger partial charge is 0.468 e. The Morgan fingerprint density at radius 3 is 2.75 bits per heavy atom. The van der Waals surface area contributed by atoms with Crippen molar-refractivity contribution in [1.29, 1.82) is 0 Å². The SMILES string of the molecule is CC(C)CNCc1occc1CN1CC2CCC(C1)O2. The molecule has 0 radical (unpaired) electrons. The molecule has 0 amide bonds. The van der Waals surface area contributed by atoms with Gasteiger partial charge in [0.25, 0.3) is 0 Å². The third-order valence-electron chi connectivity index (χ3n) is 4.19. The van der Waals surface area contributed by atoms with E-state index in [1.807, 2.05) is 6.26 Å². The van der Waals surface area contributed by atoms with E-state index in [4.69, 9.17) is 9.15 Å². The molecule has 20 heavy (non-hydrogen) atoms. The quantitative estimate of drug-likeness (QED) is 0.867. The van der Waals surface area contributed by atoms with E-state index in [1.54, 1.807) is 0 Å². The molecule has 0 aromatic carbocycles. The molecule has 3 heterocycles. The lowest BCUT2D eigenvalue weighted by atomic mass is 10.2. The molecule has 4 nitrogen and oxygen atoms in total. The average molecular weight is 278 g/mol. The van der Waals surface area contributed by atoms with Gasteiger partial charge < -0.3 is 14.5 Å². The van der Waals surface area contributed by atoms with Crippen molar-refractivity contribution >= 4 is 0 Å². The fourth-order valence-corrected chi connectivity index (χ4v) is 3.21. The number of likely N-dealkylation sites (tertiary alicyclic amines) is 1. The number of fused-ring (bicyclic) bond motifs is 2. The molecule has 2 fully saturated rings. The van der Waals surface area contributed by atoms with Crippen molar-refractivity contribution in [1.82, 2.24) is 10.2 Å². The maximum Gasteiger partial charge on any atom is 0.122 e. The third kappa shape index (κ3) is 3.43. The Labute approximate surface area is 121 Å². The second kappa shape index (κ2) is 6.29. The second-order valence-corrected chi connectivity index (χ2v) is 6.55. The van der Waals surface area contributed by atoms with Gasteiger partial charge in [0.05, 0.1) is 25.0 Å². The molecule has 4 heteroatoms. The minimum absolute atomic E-state index is 0.461. The van der Waals surface area contributed by atoms with E-state index in [0.717, 1.165) is 38.5 Å². The third-order valence-corrected chi connectivity index (χ3v) is 4.19. The van der Waals surface area contributed by atoms with Crippen LogP contribution in [-0.4, -0.2) is 36.7 Å². The van der Waals surface area contributed by atoms with Crippen molar-refractivity contribution < 1.29 is 9.15 Å². The van der Waals surface area contributed by atoms with Crippen LogP contribution < -0.4 is 5.32 Å². The van der Waals surface area contributed by atoms with E-state index in [-0.39, 0.29) is 0 Å². The van der Waals surface area contributed by atoms with E-state index in [1.165, 1.54) is 18.4 Å². The smallest absolute Gasteiger partial charge is 0.122 e. The van der Waals surface area contributed by atoms with Crippen LogP contribution in [0.1, 0.15) is 38.0 Å². The Balaban J connectivity index is 1.53. The zero-order valence-corrected chi connectivity index (χ0v) is 12.6. The first-order valence-corrected chi connectivity index (χ1v) is 7.84. The van der Waals surface area contributed by atoms with Gasteiger partial charge in [-0.2, -0.15) is 0 Å². The highest BCUT2D eigenvalue weighted by Gasteiger charge is 2.33. The highest BCUT2D eigenvalue weighted by atomic mass is 16.5. The summed E-state index contributed by atoms with van der Waals surface area (Å²) in [4.78, 5) is 2.52. The van der Waals surface area contributed by atoms with E-state index in [0.29, 0.717) is 18.1 Å². The van der Waals surface area contributed by atoms with Crippen LogP contribution in [0, 0.1) is 5.92 Å². The lowest BCUT2D eigenvalue weighted by molar-refractivity contribution is -0.0412. The minimum atomic E-state index is 0.461. The van der Waals surface area contributed by atoms with Gasteiger partial charge in [0, 0.05) is 25.2 Å². The standard InChI is InChI=1S/C16H26N2O2/c1-12(2)7-17-8-16-13(5-6-19-16)9-18-10-14-3-4-15(11-18)20-14/h5-6,12,14-15,17H,3-4,7-11H2,1-2H3. The van der Waals surface area contributed by atoms with Gasteiger partial charge in [-0.05, 0) is 31.4 Å². The first-order valence-electron chi connectivity index (χ1n) is 7.84. The van der Waals surface area contributed by atoms with Crippen LogP contribution in [0.15, 0.2) is 16.7 Å². The number of rotatable bonds is 6. The van der Waals surface area contributed by atoms with Crippen molar-refractivity contribution in [3.63, 3.8) is 0 Å². The van der Waals surface area contributed by atoms with Gasteiger partial charge in [0.1, 0.15) is 5.76 Å². The molecule has 3 rings (SSSR count). The summed E-state index contributed by atoms with van der Waals surface area (Å²) in [5.41, 5.74) is 1.32. The number of hydrogen-bond acceptors (Lipinski definition) is 4. The summed E-state index contributed by atoms with van der Waals surface area (Å²) in [5.74, 6) is 1.76. The van der Waals surface area contributed by atoms with Crippen molar-refractivity contribution in [2.75, 3.05) is 19.6 Å². The van der Waals surface area contributed by atoms with Gasteiger partial charge >= 0.3 is 0 Å². The molecule has 0 spiro atoms. The lowest BCUT2D eigenvalue weighted by Gasteiger charge is -2.31. The number of morpholine rings is 1. The highest BCUT2D eigenvalue weighted by Crippen LogP contribution is 2.27. The molecule has 2 atom stereocenters. The molecule has 1 N–H and O–H groups in total. The van der Waals surface area contributed by atoms with Crippen LogP contribution in [0.25, 0.3) is 0 Å². The summed E-state index contributed by atoms with van der Waals surface area (Å²) < 4.78 is 11.5. The average Bonchev–Trinajstić information content (AvgIpc) is 2.96.